The fourth-order valence-electron chi connectivity index (χ4n) is 2.09. The van der Waals surface area contributed by atoms with E-state index in [4.69, 9.17) is 9.47 Å². The van der Waals surface area contributed by atoms with E-state index in [-0.39, 0.29) is 5.79 Å². The van der Waals surface area contributed by atoms with Gasteiger partial charge in [-0.05, 0) is 26.7 Å². The summed E-state index contributed by atoms with van der Waals surface area (Å²) in [5.41, 5.74) is 0. The lowest BCUT2D eigenvalue weighted by molar-refractivity contribution is -0.197. The van der Waals surface area contributed by atoms with Crippen LogP contribution in [0.25, 0.3) is 0 Å². The summed E-state index contributed by atoms with van der Waals surface area (Å²) in [6.07, 6.45) is 2.76. The van der Waals surface area contributed by atoms with Crippen molar-refractivity contribution in [2.45, 2.75) is 38.6 Å². The summed E-state index contributed by atoms with van der Waals surface area (Å²) in [6.45, 7) is 5.06. The standard InChI is InChI=1S/C8H14O2/c1-6-5-7-3-4-9-8(7,2)10-6/h6-7H,3-5H2,1-2H3. The largest absolute Gasteiger partial charge is 0.350 e. The number of ether oxygens (including phenoxy) is 2. The van der Waals surface area contributed by atoms with Gasteiger partial charge in [-0.1, -0.05) is 0 Å². The van der Waals surface area contributed by atoms with Crippen molar-refractivity contribution in [2.75, 3.05) is 6.61 Å². The Morgan fingerprint density at radius 2 is 2.30 bits per heavy atom. The predicted octanol–water partition coefficient (Wildman–Crippen LogP) is 1.55. The second-order valence-electron chi connectivity index (χ2n) is 3.51. The zero-order valence-electron chi connectivity index (χ0n) is 6.59. The van der Waals surface area contributed by atoms with Gasteiger partial charge in [-0.3, -0.25) is 0 Å². The van der Waals surface area contributed by atoms with E-state index in [1.807, 2.05) is 0 Å². The molecule has 2 saturated heterocycles. The van der Waals surface area contributed by atoms with Crippen molar-refractivity contribution in [2.24, 2.45) is 5.92 Å². The SMILES string of the molecule is CC1CC2CCOC2(C)O1. The van der Waals surface area contributed by atoms with E-state index in [1.54, 1.807) is 0 Å². The molecule has 2 heterocycles. The first-order chi connectivity index (χ1) is 4.71. The highest BCUT2D eigenvalue weighted by Crippen LogP contribution is 2.43. The Hall–Kier alpha value is -0.0800. The monoisotopic (exact) mass is 142 g/mol. The molecule has 2 heteroatoms. The van der Waals surface area contributed by atoms with Gasteiger partial charge in [0.1, 0.15) is 0 Å². The molecule has 0 aromatic heterocycles. The highest BCUT2D eigenvalue weighted by Gasteiger charge is 2.47. The van der Waals surface area contributed by atoms with Crippen molar-refractivity contribution in [1.82, 2.24) is 0 Å². The van der Waals surface area contributed by atoms with E-state index >= 15 is 0 Å². The number of hydrogen-bond donors (Lipinski definition) is 0. The molecular weight excluding hydrogens is 128 g/mol. The van der Waals surface area contributed by atoms with Gasteiger partial charge in [0.2, 0.25) is 0 Å². The van der Waals surface area contributed by atoms with Crippen molar-refractivity contribution < 1.29 is 9.47 Å². The third-order valence-corrected chi connectivity index (χ3v) is 2.65. The Bertz CT molecular complexity index is 146. The Labute approximate surface area is 61.5 Å². The van der Waals surface area contributed by atoms with E-state index in [0.717, 1.165) is 6.61 Å². The van der Waals surface area contributed by atoms with Crippen molar-refractivity contribution in [3.8, 4) is 0 Å². The fourth-order valence-corrected chi connectivity index (χ4v) is 2.09. The highest BCUT2D eigenvalue weighted by molar-refractivity contribution is 4.88. The summed E-state index contributed by atoms with van der Waals surface area (Å²) < 4.78 is 11.2. The van der Waals surface area contributed by atoms with Crippen molar-refractivity contribution >= 4 is 0 Å². The summed E-state index contributed by atoms with van der Waals surface area (Å²) in [5.74, 6) is 0.432. The number of hydrogen-bond acceptors (Lipinski definition) is 2. The van der Waals surface area contributed by atoms with Gasteiger partial charge in [0.05, 0.1) is 12.7 Å². The number of fused-ring (bicyclic) bond motifs is 1. The summed E-state index contributed by atoms with van der Waals surface area (Å²) in [4.78, 5) is 0. The van der Waals surface area contributed by atoms with Crippen LogP contribution in [-0.4, -0.2) is 18.5 Å². The van der Waals surface area contributed by atoms with E-state index in [2.05, 4.69) is 13.8 Å². The molecule has 0 amide bonds. The first-order valence-corrected chi connectivity index (χ1v) is 4.02. The zero-order valence-corrected chi connectivity index (χ0v) is 6.59. The summed E-state index contributed by atoms with van der Waals surface area (Å²) in [6, 6.07) is 0. The van der Waals surface area contributed by atoms with Crippen LogP contribution in [0.5, 0.6) is 0 Å². The quantitative estimate of drug-likeness (QED) is 0.511. The van der Waals surface area contributed by atoms with Gasteiger partial charge in [-0.15, -0.1) is 0 Å². The lowest BCUT2D eigenvalue weighted by Gasteiger charge is -2.22. The molecule has 2 fully saturated rings. The van der Waals surface area contributed by atoms with Gasteiger partial charge in [0.25, 0.3) is 0 Å². The number of rotatable bonds is 0. The summed E-state index contributed by atoms with van der Waals surface area (Å²) >= 11 is 0. The van der Waals surface area contributed by atoms with Gasteiger partial charge in [-0.25, -0.2) is 0 Å². The smallest absolute Gasteiger partial charge is 0.168 e. The molecular formula is C8H14O2. The normalized spacial score (nSPS) is 53.4. The van der Waals surface area contributed by atoms with Gasteiger partial charge < -0.3 is 9.47 Å². The van der Waals surface area contributed by atoms with E-state index < -0.39 is 0 Å². The second-order valence-corrected chi connectivity index (χ2v) is 3.51. The molecule has 3 atom stereocenters. The van der Waals surface area contributed by atoms with Crippen LogP contribution in [-0.2, 0) is 9.47 Å². The maximum atomic E-state index is 5.65. The summed E-state index contributed by atoms with van der Waals surface area (Å²) in [5, 5.41) is 0. The molecule has 2 aliphatic heterocycles. The first-order valence-electron chi connectivity index (χ1n) is 4.02. The molecule has 0 bridgehead atoms. The van der Waals surface area contributed by atoms with Crippen LogP contribution in [0.15, 0.2) is 0 Å². The van der Waals surface area contributed by atoms with Gasteiger partial charge in [0.15, 0.2) is 5.79 Å². The molecule has 10 heavy (non-hydrogen) atoms. The van der Waals surface area contributed by atoms with Gasteiger partial charge >= 0.3 is 0 Å². The van der Waals surface area contributed by atoms with Crippen LogP contribution in [0.4, 0.5) is 0 Å². The molecule has 0 saturated carbocycles. The third kappa shape index (κ3) is 0.789. The third-order valence-electron chi connectivity index (χ3n) is 2.65. The van der Waals surface area contributed by atoms with Crippen LogP contribution < -0.4 is 0 Å². The lowest BCUT2D eigenvalue weighted by atomic mass is 9.97. The van der Waals surface area contributed by atoms with Crippen LogP contribution in [0.3, 0.4) is 0 Å². The Morgan fingerprint density at radius 1 is 1.50 bits per heavy atom. The van der Waals surface area contributed by atoms with Crippen molar-refractivity contribution in [1.29, 1.82) is 0 Å². The molecule has 0 N–H and O–H groups in total. The van der Waals surface area contributed by atoms with E-state index in [0.29, 0.717) is 12.0 Å². The summed E-state index contributed by atoms with van der Waals surface area (Å²) in [7, 11) is 0. The van der Waals surface area contributed by atoms with Crippen molar-refractivity contribution in [3.63, 3.8) is 0 Å². The molecule has 2 aliphatic rings. The first kappa shape index (κ1) is 6.62. The maximum absolute atomic E-state index is 5.65. The molecule has 0 aromatic rings. The fraction of sp³-hybridized carbons (Fsp3) is 1.00. The minimum atomic E-state index is -0.223. The van der Waals surface area contributed by atoms with E-state index in [1.165, 1.54) is 12.8 Å². The topological polar surface area (TPSA) is 18.5 Å². The average Bonchev–Trinajstić information content (AvgIpc) is 2.20. The molecule has 0 radical (unpaired) electrons. The van der Waals surface area contributed by atoms with Crippen LogP contribution in [0.1, 0.15) is 26.7 Å². The minimum absolute atomic E-state index is 0.223. The zero-order chi connectivity index (χ0) is 7.19. The molecule has 2 nitrogen and oxygen atoms in total. The van der Waals surface area contributed by atoms with Gasteiger partial charge in [0, 0.05) is 5.92 Å². The molecule has 3 unspecified atom stereocenters. The Balaban J connectivity index is 2.15. The molecule has 0 aromatic carbocycles. The maximum Gasteiger partial charge on any atom is 0.168 e. The predicted molar refractivity (Wildman–Crippen MR) is 37.6 cm³/mol. The van der Waals surface area contributed by atoms with Crippen LogP contribution in [0, 0.1) is 5.92 Å². The van der Waals surface area contributed by atoms with Crippen LogP contribution >= 0.6 is 0 Å². The van der Waals surface area contributed by atoms with Crippen LogP contribution in [0.2, 0.25) is 0 Å². The molecule has 0 spiro atoms. The minimum Gasteiger partial charge on any atom is -0.350 e. The molecule has 0 aliphatic carbocycles. The van der Waals surface area contributed by atoms with E-state index in [9.17, 15) is 0 Å². The Kier molecular flexibility index (Phi) is 1.29. The average molecular weight is 142 g/mol. The lowest BCUT2D eigenvalue weighted by Crippen LogP contribution is -2.28. The molecule has 58 valence electrons. The van der Waals surface area contributed by atoms with Crippen molar-refractivity contribution in [3.05, 3.63) is 0 Å². The Morgan fingerprint density at radius 3 is 3.00 bits per heavy atom. The second kappa shape index (κ2) is 1.95. The molecule has 2 rings (SSSR count). The van der Waals surface area contributed by atoms with Gasteiger partial charge in [-0.2, -0.15) is 0 Å². The highest BCUT2D eigenvalue weighted by atomic mass is 16.7.